The second-order valence-corrected chi connectivity index (χ2v) is 4.50. The number of hydrogen-bond acceptors (Lipinski definition) is 4. The predicted octanol–water partition coefficient (Wildman–Crippen LogP) is 1.94. The average molecular weight is 267 g/mol. The van der Waals surface area contributed by atoms with E-state index < -0.39 is 11.8 Å². The van der Waals surface area contributed by atoms with Crippen molar-refractivity contribution in [2.45, 2.75) is 10.9 Å². The molecule has 0 aliphatic heterocycles. The van der Waals surface area contributed by atoms with Gasteiger partial charge >= 0.3 is 5.97 Å². The second-order valence-electron chi connectivity index (χ2n) is 3.56. The first kappa shape index (κ1) is 12.6. The number of rotatable bonds is 4. The molecule has 0 radical (unpaired) electrons. The summed E-state index contributed by atoms with van der Waals surface area (Å²) < 4.78 is 14.6. The van der Waals surface area contributed by atoms with E-state index in [1.54, 1.807) is 11.7 Å². The van der Waals surface area contributed by atoms with Crippen molar-refractivity contribution in [3.8, 4) is 0 Å². The molecular weight excluding hydrogens is 257 g/mol. The first-order chi connectivity index (χ1) is 8.58. The Labute approximate surface area is 107 Å². The predicted molar refractivity (Wildman–Crippen MR) is 63.9 cm³/mol. The van der Waals surface area contributed by atoms with Gasteiger partial charge in [0.1, 0.15) is 12.1 Å². The summed E-state index contributed by atoms with van der Waals surface area (Å²) in [6.45, 7) is 0. The van der Waals surface area contributed by atoms with Crippen LogP contribution in [0.25, 0.3) is 0 Å². The van der Waals surface area contributed by atoms with Crippen molar-refractivity contribution in [1.82, 2.24) is 14.8 Å². The molecule has 0 amide bonds. The smallest absolute Gasteiger partial charge is 0.336 e. The number of halogens is 1. The lowest BCUT2D eigenvalue weighted by Crippen LogP contribution is -2.03. The molecule has 1 heterocycles. The highest BCUT2D eigenvalue weighted by Gasteiger charge is 2.12. The standard InChI is InChI=1S/C11H10FN3O2S/c1-15-11(13-6-14-15)18-5-7-2-3-8(12)4-9(7)10(16)17/h2-4,6H,5H2,1H3,(H,16,17). The quantitative estimate of drug-likeness (QED) is 0.857. The number of aromatic nitrogens is 3. The lowest BCUT2D eigenvalue weighted by molar-refractivity contribution is 0.0695. The number of benzene rings is 1. The molecule has 2 aromatic rings. The number of carboxylic acid groups (broad SMARTS) is 1. The second kappa shape index (κ2) is 5.18. The molecule has 0 spiro atoms. The SMILES string of the molecule is Cn1ncnc1SCc1ccc(F)cc1C(=O)O. The zero-order valence-electron chi connectivity index (χ0n) is 9.50. The Balaban J connectivity index is 2.19. The fourth-order valence-electron chi connectivity index (χ4n) is 1.43. The van der Waals surface area contributed by atoms with Crippen molar-refractivity contribution in [3.63, 3.8) is 0 Å². The summed E-state index contributed by atoms with van der Waals surface area (Å²) in [6, 6.07) is 3.75. The van der Waals surface area contributed by atoms with Crippen LogP contribution < -0.4 is 0 Å². The zero-order chi connectivity index (χ0) is 13.1. The first-order valence-electron chi connectivity index (χ1n) is 5.06. The van der Waals surface area contributed by atoms with Gasteiger partial charge in [-0.15, -0.1) is 0 Å². The molecule has 7 heteroatoms. The molecule has 0 saturated carbocycles. The maximum absolute atomic E-state index is 13.0. The Morgan fingerprint density at radius 2 is 2.33 bits per heavy atom. The van der Waals surface area contributed by atoms with E-state index in [0.29, 0.717) is 16.5 Å². The lowest BCUT2D eigenvalue weighted by Gasteiger charge is -2.05. The van der Waals surface area contributed by atoms with E-state index in [9.17, 15) is 9.18 Å². The van der Waals surface area contributed by atoms with Crippen molar-refractivity contribution in [3.05, 3.63) is 41.5 Å². The van der Waals surface area contributed by atoms with Crippen molar-refractivity contribution in [2.75, 3.05) is 0 Å². The Kier molecular flexibility index (Phi) is 3.61. The van der Waals surface area contributed by atoms with Gasteiger partial charge in [-0.1, -0.05) is 17.8 Å². The fourth-order valence-corrected chi connectivity index (χ4v) is 2.32. The van der Waals surface area contributed by atoms with Crippen LogP contribution in [0.1, 0.15) is 15.9 Å². The van der Waals surface area contributed by atoms with Gasteiger partial charge in [-0.2, -0.15) is 5.10 Å². The van der Waals surface area contributed by atoms with Gasteiger partial charge in [0.15, 0.2) is 5.16 Å². The number of nitrogens with zero attached hydrogens (tertiary/aromatic N) is 3. The van der Waals surface area contributed by atoms with E-state index in [1.807, 2.05) is 0 Å². The molecule has 5 nitrogen and oxygen atoms in total. The van der Waals surface area contributed by atoms with Gasteiger partial charge in [0.25, 0.3) is 0 Å². The molecular formula is C11H10FN3O2S. The fraction of sp³-hybridized carbons (Fsp3) is 0.182. The number of aromatic carboxylic acids is 1. The van der Waals surface area contributed by atoms with Gasteiger partial charge < -0.3 is 5.11 Å². The van der Waals surface area contributed by atoms with Crippen molar-refractivity contribution < 1.29 is 14.3 Å². The topological polar surface area (TPSA) is 68.0 Å². The number of aryl methyl sites for hydroxylation is 1. The zero-order valence-corrected chi connectivity index (χ0v) is 10.3. The maximum atomic E-state index is 13.0. The molecule has 1 aromatic carbocycles. The molecule has 94 valence electrons. The summed E-state index contributed by atoms with van der Waals surface area (Å²) in [5.74, 6) is -1.29. The largest absolute Gasteiger partial charge is 0.478 e. The van der Waals surface area contributed by atoms with Gasteiger partial charge in [0.05, 0.1) is 5.56 Å². The summed E-state index contributed by atoms with van der Waals surface area (Å²) in [6.07, 6.45) is 1.42. The monoisotopic (exact) mass is 267 g/mol. The van der Waals surface area contributed by atoms with Gasteiger partial charge in [0, 0.05) is 12.8 Å². The normalized spacial score (nSPS) is 10.6. The number of carboxylic acids is 1. The van der Waals surface area contributed by atoms with Crippen LogP contribution in [0.3, 0.4) is 0 Å². The molecule has 0 bridgehead atoms. The van der Waals surface area contributed by atoms with E-state index >= 15 is 0 Å². The van der Waals surface area contributed by atoms with Crippen LogP contribution in [0.15, 0.2) is 29.7 Å². The Bertz CT molecular complexity index is 585. The third kappa shape index (κ3) is 2.67. The summed E-state index contributed by atoms with van der Waals surface area (Å²) in [7, 11) is 1.75. The van der Waals surface area contributed by atoms with E-state index in [1.165, 1.54) is 30.2 Å². The molecule has 0 aliphatic rings. The maximum Gasteiger partial charge on any atom is 0.336 e. The minimum Gasteiger partial charge on any atom is -0.478 e. The van der Waals surface area contributed by atoms with Gasteiger partial charge in [0.2, 0.25) is 0 Å². The van der Waals surface area contributed by atoms with Gasteiger partial charge in [-0.3, -0.25) is 0 Å². The van der Waals surface area contributed by atoms with Crippen molar-refractivity contribution >= 4 is 17.7 Å². The van der Waals surface area contributed by atoms with E-state index in [0.717, 1.165) is 6.07 Å². The van der Waals surface area contributed by atoms with Crippen LogP contribution in [0.4, 0.5) is 4.39 Å². The highest BCUT2D eigenvalue weighted by molar-refractivity contribution is 7.98. The molecule has 1 N–H and O–H groups in total. The third-order valence-corrected chi connectivity index (χ3v) is 3.41. The average Bonchev–Trinajstić information content (AvgIpc) is 2.73. The van der Waals surface area contributed by atoms with Crippen LogP contribution in [-0.4, -0.2) is 25.8 Å². The summed E-state index contributed by atoms with van der Waals surface area (Å²) in [4.78, 5) is 15.0. The van der Waals surface area contributed by atoms with Gasteiger partial charge in [-0.05, 0) is 17.7 Å². The summed E-state index contributed by atoms with van der Waals surface area (Å²) in [5, 5.41) is 13.6. The summed E-state index contributed by atoms with van der Waals surface area (Å²) in [5.41, 5.74) is 0.529. The Morgan fingerprint density at radius 3 is 2.94 bits per heavy atom. The number of thioether (sulfide) groups is 1. The Morgan fingerprint density at radius 1 is 1.56 bits per heavy atom. The molecule has 18 heavy (non-hydrogen) atoms. The van der Waals surface area contributed by atoms with Crippen LogP contribution in [0, 0.1) is 5.82 Å². The highest BCUT2D eigenvalue weighted by Crippen LogP contribution is 2.22. The molecule has 2 rings (SSSR count). The lowest BCUT2D eigenvalue weighted by atomic mass is 10.1. The first-order valence-corrected chi connectivity index (χ1v) is 6.05. The van der Waals surface area contributed by atoms with E-state index in [2.05, 4.69) is 10.1 Å². The number of carbonyl (C=O) groups is 1. The van der Waals surface area contributed by atoms with Crippen molar-refractivity contribution in [1.29, 1.82) is 0 Å². The van der Waals surface area contributed by atoms with Crippen molar-refractivity contribution in [2.24, 2.45) is 7.05 Å². The van der Waals surface area contributed by atoms with Crippen LogP contribution in [0.5, 0.6) is 0 Å². The molecule has 0 atom stereocenters. The molecule has 0 aliphatic carbocycles. The minimum absolute atomic E-state index is 0.0235. The van der Waals surface area contributed by atoms with E-state index in [4.69, 9.17) is 5.11 Å². The van der Waals surface area contributed by atoms with Crippen LogP contribution in [-0.2, 0) is 12.8 Å². The Hall–Kier alpha value is -1.89. The molecule has 0 saturated heterocycles. The van der Waals surface area contributed by atoms with E-state index in [-0.39, 0.29) is 5.56 Å². The molecule has 0 unspecified atom stereocenters. The minimum atomic E-state index is -1.14. The summed E-state index contributed by atoms with van der Waals surface area (Å²) >= 11 is 1.35. The number of hydrogen-bond donors (Lipinski definition) is 1. The molecule has 1 aromatic heterocycles. The third-order valence-electron chi connectivity index (χ3n) is 2.33. The van der Waals surface area contributed by atoms with Gasteiger partial charge in [-0.25, -0.2) is 18.9 Å². The highest BCUT2D eigenvalue weighted by atomic mass is 32.2. The van der Waals surface area contributed by atoms with Crippen LogP contribution in [0.2, 0.25) is 0 Å². The van der Waals surface area contributed by atoms with Crippen LogP contribution >= 0.6 is 11.8 Å². The molecule has 0 fully saturated rings.